The van der Waals surface area contributed by atoms with Gasteiger partial charge in [-0.15, -0.1) is 0 Å². The first-order valence-electron chi connectivity index (χ1n) is 26.0. The number of aromatic nitrogens is 3. The van der Waals surface area contributed by atoms with Gasteiger partial charge in [-0.3, -0.25) is 48.1 Å². The van der Waals surface area contributed by atoms with Crippen molar-refractivity contribution in [2.45, 2.75) is 133 Å². The second-order valence-corrected chi connectivity index (χ2v) is 21.8. The number of guanidine groups is 1. The predicted molar refractivity (Wildman–Crippen MR) is 297 cm³/mol. The number of ketones is 1. The number of rotatable bonds is 17. The summed E-state index contributed by atoms with van der Waals surface area (Å²) in [6.45, 7) is 6.05. The Balaban J connectivity index is 1.38. The Morgan fingerprint density at radius 3 is 2.01 bits per heavy atom. The van der Waals surface area contributed by atoms with Gasteiger partial charge in [-0.2, -0.15) is 0 Å². The molecule has 2 aliphatic rings. The number of carbonyl (C=O) groups is 10. The number of fused-ring (bicyclic) bond motifs is 1. The lowest BCUT2D eigenvalue weighted by molar-refractivity contribution is -0.137. The number of imide groups is 1. The number of hydrogen-bond donors (Lipinski definition) is 12. The second kappa shape index (κ2) is 29.2. The maximum absolute atomic E-state index is 14.7. The van der Waals surface area contributed by atoms with Crippen molar-refractivity contribution in [3.63, 3.8) is 0 Å². The van der Waals surface area contributed by atoms with Crippen LogP contribution in [0.5, 0.6) is 0 Å². The number of benzene rings is 2. The maximum Gasteiger partial charge on any atom is 0.325 e. The number of nitrogens with two attached hydrogens (primary N) is 2. The lowest BCUT2D eigenvalue weighted by atomic mass is 10.0. The van der Waals surface area contributed by atoms with Crippen molar-refractivity contribution in [2.24, 2.45) is 16.5 Å². The van der Waals surface area contributed by atoms with Gasteiger partial charge >= 0.3 is 6.03 Å². The number of Topliss-reactive ketones (excluding diaryl/α,β-unsaturated/α-hetero) is 1. The third kappa shape index (κ3) is 17.3. The van der Waals surface area contributed by atoms with Crippen molar-refractivity contribution >= 4 is 97.5 Å². The van der Waals surface area contributed by atoms with Gasteiger partial charge in [0, 0.05) is 66.3 Å². The molecule has 4 heterocycles. The zero-order chi connectivity index (χ0) is 57.2. The zero-order valence-corrected chi connectivity index (χ0v) is 45.9. The van der Waals surface area contributed by atoms with E-state index in [1.54, 1.807) is 36.5 Å². The molecule has 0 aliphatic carbocycles. The molecule has 0 bridgehead atoms. The Morgan fingerprint density at radius 2 is 1.35 bits per heavy atom. The summed E-state index contributed by atoms with van der Waals surface area (Å²) in [4.78, 5) is 156. The molecule has 0 saturated carbocycles. The summed E-state index contributed by atoms with van der Waals surface area (Å²) in [7, 11) is 2.13. The normalized spacial score (nSPS) is 23.7. The van der Waals surface area contributed by atoms with Gasteiger partial charge in [0.2, 0.25) is 41.4 Å². The van der Waals surface area contributed by atoms with Crippen LogP contribution in [0.2, 0.25) is 0 Å². The summed E-state index contributed by atoms with van der Waals surface area (Å²) >= 11 is 0. The van der Waals surface area contributed by atoms with E-state index in [0.717, 1.165) is 37.4 Å². The van der Waals surface area contributed by atoms with Crippen LogP contribution in [-0.2, 0) is 62.4 Å². The number of aromatic amines is 2. The minimum atomic E-state index is -1.42. The first-order valence-corrected chi connectivity index (χ1v) is 28.4. The molecule has 2 aliphatic heterocycles. The Kier molecular flexibility index (Phi) is 22.2. The molecule has 10 amide bonds. The number of para-hydroxylation sites is 1. The Labute approximate surface area is 464 Å². The third-order valence-corrected chi connectivity index (χ3v) is 15.6. The number of hydrogen-bond acceptors (Lipinski definition) is 14. The highest BCUT2D eigenvalue weighted by molar-refractivity contribution is 8.76. The van der Waals surface area contributed by atoms with Crippen LogP contribution in [0.4, 0.5) is 4.79 Å². The first-order chi connectivity index (χ1) is 37.8. The Hall–Kier alpha value is -7.94. The molecule has 424 valence electrons. The van der Waals surface area contributed by atoms with E-state index in [0.29, 0.717) is 29.7 Å². The number of amides is 10. The standard InChI is InChI=1S/C52H69N15O10S2/c1-5-6-18-42(67-50(76)29(3)60-52(67)77)49(75)66-41-26-79-78-25-40(30(4)68)65-46(72)38(21-32-23-57-35-16-11-10-15-34(32)35)64-44(70)36(17-12-19-56-51(53)54)61-45(71)37(20-31-13-8-7-9-14-31)63-47(73)39(22-33-24-55-27-58-33)62-43(69)28(2)59-48(41)74/h7-11,13-16,23-24,27-29,36-42,57H,5-6,12,17-22,25-26H2,1-4H3,(H,55,58)(H,59,74)(H,60,77)(H,61,71)(H,62,69)(H,63,73)(H,64,70)(H,65,72)(H,66,75)(H4,53,54,56)/t28-,29+,36+,37-,38+,39+,40+,41+,42+/m1/s1. The number of H-pyrrole nitrogens is 2. The third-order valence-electron chi connectivity index (χ3n) is 13.2. The Morgan fingerprint density at radius 1 is 0.722 bits per heavy atom. The minimum absolute atomic E-state index is 0.0421. The molecule has 2 aromatic carbocycles. The molecule has 79 heavy (non-hydrogen) atoms. The van der Waals surface area contributed by atoms with Gasteiger partial charge in [0.05, 0.1) is 12.4 Å². The molecule has 0 radical (unpaired) electrons. The molecule has 4 aromatic rings. The number of imidazole rings is 1. The maximum atomic E-state index is 14.7. The molecule has 2 fully saturated rings. The highest BCUT2D eigenvalue weighted by atomic mass is 33.1. The van der Waals surface area contributed by atoms with E-state index >= 15 is 0 Å². The molecule has 0 unspecified atom stereocenters. The van der Waals surface area contributed by atoms with Crippen molar-refractivity contribution in [3.8, 4) is 0 Å². The van der Waals surface area contributed by atoms with Crippen LogP contribution in [0.15, 0.2) is 78.3 Å². The molecule has 9 atom stereocenters. The van der Waals surface area contributed by atoms with Crippen LogP contribution in [0.25, 0.3) is 10.9 Å². The van der Waals surface area contributed by atoms with Crippen LogP contribution in [0, 0.1) is 0 Å². The van der Waals surface area contributed by atoms with E-state index in [1.165, 1.54) is 33.3 Å². The lowest BCUT2D eigenvalue weighted by Gasteiger charge is -2.28. The van der Waals surface area contributed by atoms with Gasteiger partial charge in [0.15, 0.2) is 11.7 Å². The Bertz CT molecular complexity index is 2850. The number of nitrogens with zero attached hydrogens (tertiary/aromatic N) is 3. The smallest absolute Gasteiger partial charge is 0.325 e. The summed E-state index contributed by atoms with van der Waals surface area (Å²) in [5.41, 5.74) is 13.6. The average Bonchev–Trinajstić information content (AvgIpc) is 4.18. The monoisotopic (exact) mass is 1130 g/mol. The van der Waals surface area contributed by atoms with Crippen LogP contribution >= 0.6 is 21.6 Å². The highest BCUT2D eigenvalue weighted by Crippen LogP contribution is 2.25. The molecule has 27 heteroatoms. The average molecular weight is 1130 g/mol. The van der Waals surface area contributed by atoms with E-state index in [1.807, 2.05) is 31.2 Å². The molecular formula is C52H69N15O10S2. The highest BCUT2D eigenvalue weighted by Gasteiger charge is 2.43. The summed E-state index contributed by atoms with van der Waals surface area (Å²) in [6, 6.07) is 3.71. The van der Waals surface area contributed by atoms with Gasteiger partial charge in [-0.05, 0) is 57.2 Å². The molecule has 2 saturated heterocycles. The quantitative estimate of drug-likeness (QED) is 0.0215. The molecule has 6 rings (SSSR count). The van der Waals surface area contributed by atoms with E-state index in [4.69, 9.17) is 11.5 Å². The largest absolute Gasteiger partial charge is 0.370 e. The van der Waals surface area contributed by atoms with Gasteiger partial charge in [0.1, 0.15) is 48.3 Å². The van der Waals surface area contributed by atoms with Gasteiger partial charge in [-0.25, -0.2) is 14.7 Å². The summed E-state index contributed by atoms with van der Waals surface area (Å²) in [5.74, 6) is -7.18. The van der Waals surface area contributed by atoms with Gasteiger partial charge in [-0.1, -0.05) is 89.9 Å². The zero-order valence-electron chi connectivity index (χ0n) is 44.3. The van der Waals surface area contributed by atoms with Crippen molar-refractivity contribution in [3.05, 3.63) is 90.1 Å². The minimum Gasteiger partial charge on any atom is -0.370 e. The summed E-state index contributed by atoms with van der Waals surface area (Å²) < 4.78 is 0. The van der Waals surface area contributed by atoms with Crippen molar-refractivity contribution in [1.29, 1.82) is 0 Å². The van der Waals surface area contributed by atoms with Crippen LogP contribution in [0.1, 0.15) is 76.6 Å². The molecule has 0 spiro atoms. The SMILES string of the molecule is CCCC[C@@H](C(=O)N[C@H]1CSSC[C@@H](C(C)=O)NC(=O)[C@H](Cc2c[nH]c3ccccc23)NC(=O)[C@H](CCCN=C(N)N)NC(=O)[C@@H](Cc2ccccc2)NC(=O)[C@H](Cc2cnc[nH]2)NC(=O)[C@@H](C)NC1=O)N1C(=O)N[C@@H](C)C1=O. The van der Waals surface area contributed by atoms with Crippen molar-refractivity contribution in [1.82, 2.24) is 62.4 Å². The predicted octanol–water partition coefficient (Wildman–Crippen LogP) is -0.131. The number of carbonyl (C=O) groups excluding carboxylic acids is 10. The van der Waals surface area contributed by atoms with Crippen molar-refractivity contribution in [2.75, 3.05) is 18.1 Å². The van der Waals surface area contributed by atoms with E-state index in [2.05, 4.69) is 62.5 Å². The fourth-order valence-corrected chi connectivity index (χ4v) is 11.2. The van der Waals surface area contributed by atoms with E-state index in [9.17, 15) is 47.9 Å². The van der Waals surface area contributed by atoms with E-state index < -0.39 is 113 Å². The van der Waals surface area contributed by atoms with Gasteiger partial charge in [0.25, 0.3) is 5.91 Å². The summed E-state index contributed by atoms with van der Waals surface area (Å²) in [6.07, 6.45) is 5.46. The molecule has 2 aromatic heterocycles. The number of unbranched alkanes of at least 4 members (excludes halogenated alkanes) is 1. The molecular weight excluding hydrogens is 1060 g/mol. The number of nitrogens with one attached hydrogen (secondary N) is 10. The topological polar surface area (TPSA) is 379 Å². The molecule has 25 nitrogen and oxygen atoms in total. The fourth-order valence-electron chi connectivity index (χ4n) is 8.79. The summed E-state index contributed by atoms with van der Waals surface area (Å²) in [5, 5.41) is 22.4. The molecule has 14 N–H and O–H groups in total. The lowest BCUT2D eigenvalue weighted by Crippen LogP contribution is -2.61. The van der Waals surface area contributed by atoms with Gasteiger partial charge < -0.3 is 64.0 Å². The first kappa shape index (κ1) is 60.3. The van der Waals surface area contributed by atoms with E-state index in [-0.39, 0.29) is 62.5 Å². The van der Waals surface area contributed by atoms with Crippen LogP contribution < -0.4 is 54.0 Å². The van der Waals surface area contributed by atoms with Crippen LogP contribution in [0.3, 0.4) is 0 Å². The number of aliphatic imine (C=N–C) groups is 1. The van der Waals surface area contributed by atoms with Crippen molar-refractivity contribution < 1.29 is 47.9 Å². The fraction of sp³-hybridized carbons (Fsp3) is 0.462. The number of urea groups is 1. The van der Waals surface area contributed by atoms with Crippen LogP contribution in [-0.4, -0.2) is 157 Å². The second-order valence-electron chi connectivity index (χ2n) is 19.3.